The van der Waals surface area contributed by atoms with Crippen molar-refractivity contribution in [2.24, 2.45) is 0 Å². The number of ether oxygens (including phenoxy) is 3. The molecule has 1 aromatic carbocycles. The van der Waals surface area contributed by atoms with E-state index in [1.807, 2.05) is 0 Å². The first-order valence-corrected chi connectivity index (χ1v) is 8.86. The van der Waals surface area contributed by atoms with Gasteiger partial charge in [-0.2, -0.15) is 0 Å². The van der Waals surface area contributed by atoms with Crippen LogP contribution < -0.4 is 4.90 Å². The number of carbonyl (C=O) groups is 2. The highest BCUT2D eigenvalue weighted by atomic mass is 79.9. The van der Waals surface area contributed by atoms with Crippen LogP contribution in [-0.4, -0.2) is 39.5 Å². The van der Waals surface area contributed by atoms with E-state index in [-0.39, 0.29) is 49.3 Å². The van der Waals surface area contributed by atoms with Gasteiger partial charge in [0.05, 0.1) is 51.1 Å². The molecule has 0 aliphatic carbocycles. The van der Waals surface area contributed by atoms with Crippen LogP contribution in [0.2, 0.25) is 10.0 Å². The van der Waals surface area contributed by atoms with Crippen LogP contribution in [0.5, 0.6) is 0 Å². The number of esters is 2. The molecule has 25 heavy (non-hydrogen) atoms. The number of hydrogen-bond donors (Lipinski definition) is 0. The minimum absolute atomic E-state index is 0.0593. The highest BCUT2D eigenvalue weighted by Gasteiger charge is 2.35. The van der Waals surface area contributed by atoms with E-state index in [1.165, 1.54) is 12.0 Å². The number of hydrogen-bond acceptors (Lipinski definition) is 6. The molecule has 1 heterocycles. The number of carbonyl (C=O) groups excluding carboxylic acids is 2. The number of rotatable bonds is 3. The van der Waals surface area contributed by atoms with Crippen molar-refractivity contribution < 1.29 is 28.2 Å². The minimum atomic E-state index is -0.847. The fraction of sp³-hybridized carbons (Fsp3) is 0.286. The quantitative estimate of drug-likeness (QED) is 0.340. The largest absolute Gasteiger partial charge is 0.466 e. The lowest BCUT2D eigenvalue weighted by atomic mass is 10.1. The molecule has 0 spiro atoms. The fourth-order valence-corrected chi connectivity index (χ4v) is 4.01. The maximum atomic E-state index is 14.0. The average molecular weight is 522 g/mol. The first-order chi connectivity index (χ1) is 11.8. The average Bonchev–Trinajstić information content (AvgIpc) is 2.63. The van der Waals surface area contributed by atoms with E-state index in [2.05, 4.69) is 36.6 Å². The van der Waals surface area contributed by atoms with E-state index in [4.69, 9.17) is 32.7 Å². The second-order valence-electron chi connectivity index (χ2n) is 4.63. The van der Waals surface area contributed by atoms with Crippen molar-refractivity contribution in [3.63, 3.8) is 0 Å². The Labute approximate surface area is 169 Å². The second-order valence-corrected chi connectivity index (χ2v) is 6.98. The molecule has 0 amide bonds. The van der Waals surface area contributed by atoms with Crippen LogP contribution in [0.15, 0.2) is 20.2 Å². The number of halogens is 5. The third-order valence-corrected chi connectivity index (χ3v) is 6.00. The smallest absolute Gasteiger partial charge is 0.355 e. The summed E-state index contributed by atoms with van der Waals surface area (Å²) in [6.45, 7) is -0.300. The van der Waals surface area contributed by atoms with Crippen molar-refractivity contribution in [3.8, 4) is 0 Å². The van der Waals surface area contributed by atoms with Crippen LogP contribution in [0.4, 0.5) is 10.1 Å². The Kier molecular flexibility index (Phi) is 6.72. The van der Waals surface area contributed by atoms with Crippen LogP contribution in [0, 0.1) is 5.82 Å². The van der Waals surface area contributed by atoms with Crippen LogP contribution in [0.25, 0.3) is 0 Å². The summed E-state index contributed by atoms with van der Waals surface area (Å²) in [6.07, 6.45) is 0. The molecule has 0 aromatic heterocycles. The predicted molar refractivity (Wildman–Crippen MR) is 96.2 cm³/mol. The predicted octanol–water partition coefficient (Wildman–Crippen LogP) is 4.05. The van der Waals surface area contributed by atoms with E-state index in [9.17, 15) is 14.0 Å². The van der Waals surface area contributed by atoms with Crippen molar-refractivity contribution in [2.45, 2.75) is 0 Å². The van der Waals surface area contributed by atoms with Crippen LogP contribution in [-0.2, 0) is 23.8 Å². The van der Waals surface area contributed by atoms with Gasteiger partial charge in [0.2, 0.25) is 0 Å². The summed E-state index contributed by atoms with van der Waals surface area (Å²) in [7, 11) is 2.33. The Hall–Kier alpha value is -0.870. The van der Waals surface area contributed by atoms with Crippen molar-refractivity contribution in [3.05, 3.63) is 36.1 Å². The summed E-state index contributed by atoms with van der Waals surface area (Å²) in [5.41, 5.74) is 0.00890. The summed E-state index contributed by atoms with van der Waals surface area (Å²) >= 11 is 18.2. The molecule has 0 atom stereocenters. The molecule has 0 fully saturated rings. The first-order valence-electron chi connectivity index (χ1n) is 6.52. The molecule has 0 bridgehead atoms. The Balaban J connectivity index is 2.77. The molecule has 0 saturated carbocycles. The minimum Gasteiger partial charge on any atom is -0.466 e. The molecule has 0 saturated heterocycles. The summed E-state index contributed by atoms with van der Waals surface area (Å²) in [4.78, 5) is 25.6. The van der Waals surface area contributed by atoms with Gasteiger partial charge in [-0.05, 0) is 31.9 Å². The highest BCUT2D eigenvalue weighted by molar-refractivity contribution is 9.11. The summed E-state index contributed by atoms with van der Waals surface area (Å²) in [6, 6.07) is 0. The third kappa shape index (κ3) is 3.66. The van der Waals surface area contributed by atoms with Crippen LogP contribution >= 0.6 is 55.1 Å². The molecule has 1 aliphatic rings. The second kappa shape index (κ2) is 8.22. The van der Waals surface area contributed by atoms with Gasteiger partial charge >= 0.3 is 11.9 Å². The van der Waals surface area contributed by atoms with Gasteiger partial charge in [-0.3, -0.25) is 0 Å². The molecular formula is C14H10Br2Cl2FNO5. The van der Waals surface area contributed by atoms with E-state index >= 15 is 0 Å². The molecule has 0 radical (unpaired) electrons. The van der Waals surface area contributed by atoms with Gasteiger partial charge in [0, 0.05) is 0 Å². The Morgan fingerprint density at radius 2 is 1.64 bits per heavy atom. The van der Waals surface area contributed by atoms with Gasteiger partial charge in [0.25, 0.3) is 0 Å². The summed E-state index contributed by atoms with van der Waals surface area (Å²) in [5, 5.41) is -0.588. The maximum absolute atomic E-state index is 14.0. The van der Waals surface area contributed by atoms with E-state index < -0.39 is 17.8 Å². The van der Waals surface area contributed by atoms with E-state index in [0.717, 1.165) is 7.11 Å². The lowest BCUT2D eigenvalue weighted by Crippen LogP contribution is -2.39. The van der Waals surface area contributed by atoms with Crippen molar-refractivity contribution >= 4 is 72.7 Å². The zero-order valence-corrected chi connectivity index (χ0v) is 17.5. The zero-order valence-electron chi connectivity index (χ0n) is 12.8. The van der Waals surface area contributed by atoms with Crippen molar-refractivity contribution in [1.29, 1.82) is 0 Å². The number of methoxy groups -OCH3 is 2. The Morgan fingerprint density at radius 1 is 1.12 bits per heavy atom. The lowest BCUT2D eigenvalue weighted by Gasteiger charge is -2.33. The van der Waals surface area contributed by atoms with Gasteiger partial charge in [0.1, 0.15) is 12.4 Å². The van der Waals surface area contributed by atoms with Gasteiger partial charge in [-0.15, -0.1) is 0 Å². The maximum Gasteiger partial charge on any atom is 0.355 e. The van der Waals surface area contributed by atoms with Gasteiger partial charge in [-0.25, -0.2) is 14.0 Å². The molecule has 0 N–H and O–H groups in total. The number of benzene rings is 1. The molecular weight excluding hydrogens is 512 g/mol. The standard InChI is InChI=1S/C14H10Br2Cl2FNO5/c1-23-13(21)5-3-25-4-20(11(5)14(22)24-2)12-6(15)8(17)10(19)9(18)7(12)16/h3-4H2,1-2H3. The number of anilines is 1. The highest BCUT2D eigenvalue weighted by Crippen LogP contribution is 2.47. The molecule has 11 heteroatoms. The molecule has 0 unspecified atom stereocenters. The zero-order chi connectivity index (χ0) is 18.9. The molecule has 1 aromatic rings. The van der Waals surface area contributed by atoms with Crippen LogP contribution in [0.1, 0.15) is 0 Å². The van der Waals surface area contributed by atoms with Crippen molar-refractivity contribution in [1.82, 2.24) is 0 Å². The third-order valence-electron chi connectivity index (χ3n) is 3.29. The fourth-order valence-electron chi connectivity index (χ4n) is 2.15. The topological polar surface area (TPSA) is 65.1 Å². The normalized spacial score (nSPS) is 14.6. The molecule has 1 aliphatic heterocycles. The van der Waals surface area contributed by atoms with Gasteiger partial charge < -0.3 is 19.1 Å². The molecule has 136 valence electrons. The monoisotopic (exact) mass is 519 g/mol. The SMILES string of the molecule is COC(=O)C1=C(C(=O)OC)N(c2c(Br)c(Cl)c(F)c(Cl)c2Br)COC1. The molecule has 2 rings (SSSR count). The summed E-state index contributed by atoms with van der Waals surface area (Å²) in [5.74, 6) is -2.42. The summed E-state index contributed by atoms with van der Waals surface area (Å²) < 4.78 is 29.0. The van der Waals surface area contributed by atoms with Crippen molar-refractivity contribution in [2.75, 3.05) is 32.5 Å². The first kappa shape index (κ1) is 20.4. The Morgan fingerprint density at radius 3 is 2.12 bits per heavy atom. The Bertz CT molecular complexity index is 758. The van der Waals surface area contributed by atoms with Gasteiger partial charge in [-0.1, -0.05) is 23.2 Å². The van der Waals surface area contributed by atoms with E-state index in [1.54, 1.807) is 0 Å². The van der Waals surface area contributed by atoms with E-state index in [0.29, 0.717) is 0 Å². The van der Waals surface area contributed by atoms with Gasteiger partial charge in [0.15, 0.2) is 5.82 Å². The molecule has 6 nitrogen and oxygen atoms in total. The van der Waals surface area contributed by atoms with Crippen LogP contribution in [0.3, 0.4) is 0 Å². The number of nitrogens with zero attached hydrogens (tertiary/aromatic N) is 1. The lowest BCUT2D eigenvalue weighted by molar-refractivity contribution is -0.140.